The molecule has 2 aromatic rings. The zero-order valence-corrected chi connectivity index (χ0v) is 14.9. The molecule has 0 fully saturated rings. The predicted octanol–water partition coefficient (Wildman–Crippen LogP) is 1.86. The van der Waals surface area contributed by atoms with Crippen LogP contribution in [-0.2, 0) is 22.6 Å². The minimum atomic E-state index is -4.58. The highest BCUT2D eigenvalue weighted by molar-refractivity contribution is 7.89. The van der Waals surface area contributed by atoms with Crippen LogP contribution in [0.4, 0.5) is 24.9 Å². The summed E-state index contributed by atoms with van der Waals surface area (Å²) in [6, 6.07) is 6.78. The Kier molecular flexibility index (Phi) is 5.71. The van der Waals surface area contributed by atoms with E-state index in [9.17, 15) is 21.6 Å². The zero-order chi connectivity index (χ0) is 19.5. The highest BCUT2D eigenvalue weighted by Gasteiger charge is 2.33. The number of nitrogens with zero attached hydrogens (tertiary/aromatic N) is 3. The molecule has 0 saturated heterocycles. The van der Waals surface area contributed by atoms with Gasteiger partial charge in [0.1, 0.15) is 5.82 Å². The first-order valence-electron chi connectivity index (χ1n) is 7.46. The van der Waals surface area contributed by atoms with Gasteiger partial charge in [-0.05, 0) is 24.1 Å². The Morgan fingerprint density at radius 2 is 1.77 bits per heavy atom. The minimum Gasteiger partial charge on any atom is -0.363 e. The number of anilines is 2. The lowest BCUT2D eigenvalue weighted by molar-refractivity contribution is -0.141. The van der Waals surface area contributed by atoms with E-state index in [4.69, 9.17) is 5.14 Å². The van der Waals surface area contributed by atoms with E-state index in [1.807, 2.05) is 0 Å². The SMILES string of the molecule is CN(C)c1cc(C(F)(F)F)nc(NCCc2ccc(S(N)(=O)=O)cc2)n1. The van der Waals surface area contributed by atoms with Crippen molar-refractivity contribution in [2.45, 2.75) is 17.5 Å². The van der Waals surface area contributed by atoms with Crippen LogP contribution in [0, 0.1) is 0 Å². The van der Waals surface area contributed by atoms with Gasteiger partial charge in [0.25, 0.3) is 0 Å². The molecule has 26 heavy (non-hydrogen) atoms. The highest BCUT2D eigenvalue weighted by atomic mass is 32.2. The lowest BCUT2D eigenvalue weighted by atomic mass is 10.1. The maximum Gasteiger partial charge on any atom is 0.433 e. The van der Waals surface area contributed by atoms with E-state index in [1.54, 1.807) is 26.2 Å². The third-order valence-corrected chi connectivity index (χ3v) is 4.34. The Hall–Kier alpha value is -2.40. The first-order valence-corrected chi connectivity index (χ1v) is 9.00. The fourth-order valence-electron chi connectivity index (χ4n) is 2.05. The topological polar surface area (TPSA) is 101 Å². The molecule has 0 spiro atoms. The van der Waals surface area contributed by atoms with Crippen LogP contribution in [0.1, 0.15) is 11.3 Å². The Labute approximate surface area is 149 Å². The number of benzene rings is 1. The number of nitrogens with one attached hydrogen (secondary N) is 1. The summed E-state index contributed by atoms with van der Waals surface area (Å²) in [4.78, 5) is 8.97. The van der Waals surface area contributed by atoms with Crippen molar-refractivity contribution in [1.82, 2.24) is 9.97 Å². The van der Waals surface area contributed by atoms with Crippen LogP contribution >= 0.6 is 0 Å². The zero-order valence-electron chi connectivity index (χ0n) is 14.1. The summed E-state index contributed by atoms with van der Waals surface area (Å²) >= 11 is 0. The van der Waals surface area contributed by atoms with Crippen LogP contribution in [0.2, 0.25) is 0 Å². The van der Waals surface area contributed by atoms with Crippen molar-refractivity contribution in [2.75, 3.05) is 30.9 Å². The van der Waals surface area contributed by atoms with Crippen LogP contribution < -0.4 is 15.4 Å². The van der Waals surface area contributed by atoms with E-state index in [1.165, 1.54) is 17.0 Å². The number of nitrogens with two attached hydrogens (primary N) is 1. The van der Waals surface area contributed by atoms with Gasteiger partial charge in [-0.1, -0.05) is 12.1 Å². The third kappa shape index (κ3) is 5.30. The van der Waals surface area contributed by atoms with E-state index in [0.29, 0.717) is 6.42 Å². The molecule has 7 nitrogen and oxygen atoms in total. The summed E-state index contributed by atoms with van der Waals surface area (Å²) in [6.07, 6.45) is -4.14. The Morgan fingerprint density at radius 1 is 1.15 bits per heavy atom. The summed E-state index contributed by atoms with van der Waals surface area (Å²) in [7, 11) is -0.596. The van der Waals surface area contributed by atoms with Crippen molar-refractivity contribution in [2.24, 2.45) is 5.14 Å². The lowest BCUT2D eigenvalue weighted by Gasteiger charge is -2.16. The van der Waals surface area contributed by atoms with Gasteiger partial charge in [-0.15, -0.1) is 0 Å². The molecule has 0 saturated carbocycles. The first-order chi connectivity index (χ1) is 12.0. The van der Waals surface area contributed by atoms with E-state index in [2.05, 4.69) is 15.3 Å². The molecule has 0 aliphatic rings. The molecule has 142 valence electrons. The fraction of sp³-hybridized carbons (Fsp3) is 0.333. The summed E-state index contributed by atoms with van der Waals surface area (Å²) in [5.74, 6) is -0.00277. The second-order valence-electron chi connectivity index (χ2n) is 5.69. The van der Waals surface area contributed by atoms with Crippen molar-refractivity contribution >= 4 is 21.8 Å². The molecular formula is C15H18F3N5O2S. The predicted molar refractivity (Wildman–Crippen MR) is 91.4 cm³/mol. The number of sulfonamides is 1. The minimum absolute atomic E-state index is 0.00829. The van der Waals surface area contributed by atoms with Crippen LogP contribution in [0.15, 0.2) is 35.2 Å². The van der Waals surface area contributed by atoms with Crippen LogP contribution in [0.5, 0.6) is 0 Å². The average molecular weight is 389 g/mol. The molecule has 3 N–H and O–H groups in total. The number of rotatable bonds is 6. The van der Waals surface area contributed by atoms with Gasteiger partial charge >= 0.3 is 6.18 Å². The normalized spacial score (nSPS) is 12.1. The molecule has 0 bridgehead atoms. The molecule has 0 aliphatic carbocycles. The number of hydrogen-bond donors (Lipinski definition) is 2. The average Bonchev–Trinajstić information content (AvgIpc) is 2.53. The quantitative estimate of drug-likeness (QED) is 0.782. The van der Waals surface area contributed by atoms with E-state index < -0.39 is 21.9 Å². The Morgan fingerprint density at radius 3 is 2.27 bits per heavy atom. The molecule has 11 heteroatoms. The Balaban J connectivity index is 2.08. The highest BCUT2D eigenvalue weighted by Crippen LogP contribution is 2.30. The van der Waals surface area contributed by atoms with Gasteiger partial charge < -0.3 is 10.2 Å². The molecule has 2 rings (SSSR count). The molecule has 0 atom stereocenters. The fourth-order valence-corrected chi connectivity index (χ4v) is 2.57. The summed E-state index contributed by atoms with van der Waals surface area (Å²) in [5.41, 5.74) is -0.249. The third-order valence-electron chi connectivity index (χ3n) is 3.41. The largest absolute Gasteiger partial charge is 0.433 e. The van der Waals surface area contributed by atoms with Crippen molar-refractivity contribution < 1.29 is 21.6 Å². The van der Waals surface area contributed by atoms with Gasteiger partial charge in [-0.3, -0.25) is 0 Å². The number of hydrogen-bond acceptors (Lipinski definition) is 6. The number of alkyl halides is 3. The molecule has 0 aliphatic heterocycles. The molecule has 0 unspecified atom stereocenters. The van der Waals surface area contributed by atoms with Crippen molar-refractivity contribution in [1.29, 1.82) is 0 Å². The van der Waals surface area contributed by atoms with Gasteiger partial charge in [0.2, 0.25) is 16.0 Å². The van der Waals surface area contributed by atoms with E-state index >= 15 is 0 Å². The summed E-state index contributed by atoms with van der Waals surface area (Å²) < 4.78 is 61.2. The van der Waals surface area contributed by atoms with Crippen molar-refractivity contribution in [3.63, 3.8) is 0 Å². The number of halogens is 3. The van der Waals surface area contributed by atoms with Crippen molar-refractivity contribution in [3.05, 3.63) is 41.6 Å². The molecule has 0 radical (unpaired) electrons. The monoisotopic (exact) mass is 389 g/mol. The van der Waals surface area contributed by atoms with E-state index in [-0.39, 0.29) is 23.2 Å². The molecule has 0 amide bonds. The first kappa shape index (κ1) is 19.9. The molecule has 1 aromatic heterocycles. The smallest absolute Gasteiger partial charge is 0.363 e. The second-order valence-corrected chi connectivity index (χ2v) is 7.25. The number of aromatic nitrogens is 2. The standard InChI is InChI=1S/C15H18F3N5O2S/c1-23(2)13-9-12(15(16,17)18)21-14(22-13)20-8-7-10-3-5-11(6-4-10)26(19,24)25/h3-6,9H,7-8H2,1-2H3,(H2,19,24,25)(H,20,21,22). The maximum absolute atomic E-state index is 12.9. The van der Waals surface area contributed by atoms with Gasteiger partial charge in [-0.2, -0.15) is 18.2 Å². The van der Waals surface area contributed by atoms with Gasteiger partial charge in [0.15, 0.2) is 5.69 Å². The van der Waals surface area contributed by atoms with Crippen LogP contribution in [-0.4, -0.2) is 39.0 Å². The Bertz CT molecular complexity index is 868. The summed E-state index contributed by atoms with van der Waals surface area (Å²) in [5, 5.41) is 7.77. The number of primary sulfonamides is 1. The molecule has 1 aromatic carbocycles. The second kappa shape index (κ2) is 7.46. The van der Waals surface area contributed by atoms with Crippen LogP contribution in [0.25, 0.3) is 0 Å². The van der Waals surface area contributed by atoms with Gasteiger partial charge in [-0.25, -0.2) is 18.5 Å². The lowest BCUT2D eigenvalue weighted by Crippen LogP contribution is -2.18. The van der Waals surface area contributed by atoms with Crippen LogP contribution in [0.3, 0.4) is 0 Å². The van der Waals surface area contributed by atoms with E-state index in [0.717, 1.165) is 11.6 Å². The molecule has 1 heterocycles. The summed E-state index contributed by atoms with van der Waals surface area (Å²) in [6.45, 7) is 0.267. The maximum atomic E-state index is 12.9. The molecular weight excluding hydrogens is 371 g/mol. The van der Waals surface area contributed by atoms with Gasteiger partial charge in [0.05, 0.1) is 4.90 Å². The van der Waals surface area contributed by atoms with Crippen molar-refractivity contribution in [3.8, 4) is 0 Å². The van der Waals surface area contributed by atoms with Gasteiger partial charge in [0, 0.05) is 26.7 Å².